The lowest BCUT2D eigenvalue weighted by Gasteiger charge is -2.30. The summed E-state index contributed by atoms with van der Waals surface area (Å²) in [5.74, 6) is 0. The Kier molecular flexibility index (Phi) is 5.07. The highest BCUT2D eigenvalue weighted by atomic mass is 16.5. The van der Waals surface area contributed by atoms with Gasteiger partial charge < -0.3 is 15.4 Å². The van der Waals surface area contributed by atoms with Crippen molar-refractivity contribution in [3.8, 4) is 0 Å². The average molecular weight is 226 g/mol. The molecule has 0 aromatic rings. The van der Waals surface area contributed by atoms with Gasteiger partial charge in [0.15, 0.2) is 0 Å². The van der Waals surface area contributed by atoms with E-state index in [0.29, 0.717) is 12.1 Å². The minimum Gasteiger partial charge on any atom is -0.380 e. The first-order valence-corrected chi connectivity index (χ1v) is 6.92. The van der Waals surface area contributed by atoms with E-state index in [9.17, 15) is 0 Å². The van der Waals surface area contributed by atoms with Crippen LogP contribution in [0.3, 0.4) is 0 Å². The van der Waals surface area contributed by atoms with Gasteiger partial charge >= 0.3 is 0 Å². The molecule has 0 aromatic carbocycles. The molecule has 2 saturated heterocycles. The highest BCUT2D eigenvalue weighted by molar-refractivity contribution is 4.80. The van der Waals surface area contributed by atoms with Crippen LogP contribution in [-0.4, -0.2) is 37.9 Å². The van der Waals surface area contributed by atoms with Crippen LogP contribution in [0.1, 0.15) is 45.4 Å². The van der Waals surface area contributed by atoms with Crippen molar-refractivity contribution < 1.29 is 4.74 Å². The second-order valence-corrected chi connectivity index (χ2v) is 5.36. The van der Waals surface area contributed by atoms with Crippen molar-refractivity contribution in [2.45, 2.75) is 63.6 Å². The maximum Gasteiger partial charge on any atom is 0.0619 e. The number of nitrogens with one attached hydrogen (secondary N) is 2. The molecule has 0 saturated carbocycles. The molecule has 0 aromatic heterocycles. The Bertz CT molecular complexity index is 166. The molecule has 16 heavy (non-hydrogen) atoms. The lowest BCUT2D eigenvalue weighted by Crippen LogP contribution is -2.45. The fourth-order valence-corrected chi connectivity index (χ4v) is 2.89. The summed E-state index contributed by atoms with van der Waals surface area (Å²) >= 11 is 0. The van der Waals surface area contributed by atoms with Crippen molar-refractivity contribution in [3.63, 3.8) is 0 Å². The van der Waals surface area contributed by atoms with Crippen LogP contribution < -0.4 is 10.6 Å². The Morgan fingerprint density at radius 3 is 2.94 bits per heavy atom. The van der Waals surface area contributed by atoms with Crippen LogP contribution in [0, 0.1) is 0 Å². The van der Waals surface area contributed by atoms with E-state index >= 15 is 0 Å². The maximum absolute atomic E-state index is 5.49. The predicted octanol–water partition coefficient (Wildman–Crippen LogP) is 1.68. The molecule has 3 atom stereocenters. The number of ether oxygens (including phenoxy) is 1. The predicted molar refractivity (Wildman–Crippen MR) is 66.7 cm³/mol. The third kappa shape index (κ3) is 4.04. The zero-order valence-electron chi connectivity index (χ0n) is 10.5. The van der Waals surface area contributed by atoms with E-state index in [2.05, 4.69) is 17.6 Å². The molecule has 0 aliphatic carbocycles. The Labute approximate surface area is 99.3 Å². The van der Waals surface area contributed by atoms with E-state index in [-0.39, 0.29) is 0 Å². The molecule has 94 valence electrons. The van der Waals surface area contributed by atoms with Gasteiger partial charge in [-0.05, 0) is 45.6 Å². The van der Waals surface area contributed by atoms with Crippen LogP contribution in [0.2, 0.25) is 0 Å². The van der Waals surface area contributed by atoms with Crippen molar-refractivity contribution in [1.82, 2.24) is 10.6 Å². The summed E-state index contributed by atoms with van der Waals surface area (Å²) in [4.78, 5) is 0. The van der Waals surface area contributed by atoms with E-state index in [4.69, 9.17) is 4.74 Å². The van der Waals surface area contributed by atoms with E-state index in [1.165, 1.54) is 45.1 Å². The van der Waals surface area contributed by atoms with Crippen molar-refractivity contribution in [3.05, 3.63) is 0 Å². The molecule has 2 rings (SSSR count). The van der Waals surface area contributed by atoms with E-state index in [1.54, 1.807) is 0 Å². The summed E-state index contributed by atoms with van der Waals surface area (Å²) in [6, 6.07) is 1.94. The fourth-order valence-electron chi connectivity index (χ4n) is 2.89. The fraction of sp³-hybridized carbons (Fsp3) is 1.00. The summed E-state index contributed by atoms with van der Waals surface area (Å²) < 4.78 is 5.49. The third-order valence-electron chi connectivity index (χ3n) is 3.73. The van der Waals surface area contributed by atoms with Crippen molar-refractivity contribution in [2.75, 3.05) is 19.8 Å². The first-order valence-electron chi connectivity index (χ1n) is 6.92. The van der Waals surface area contributed by atoms with Gasteiger partial charge in [0.05, 0.1) is 6.61 Å². The molecular formula is C13H26N2O. The van der Waals surface area contributed by atoms with Gasteiger partial charge in [-0.25, -0.2) is 0 Å². The van der Waals surface area contributed by atoms with Crippen LogP contribution in [-0.2, 0) is 4.74 Å². The molecule has 3 unspecified atom stereocenters. The minimum absolute atomic E-state index is 0.590. The van der Waals surface area contributed by atoms with Crippen LogP contribution in [0.25, 0.3) is 0 Å². The molecule has 2 aliphatic rings. The van der Waals surface area contributed by atoms with E-state index < -0.39 is 0 Å². The van der Waals surface area contributed by atoms with Crippen molar-refractivity contribution in [2.24, 2.45) is 0 Å². The largest absolute Gasteiger partial charge is 0.380 e. The number of hydrogen-bond acceptors (Lipinski definition) is 3. The zero-order chi connectivity index (χ0) is 11.2. The van der Waals surface area contributed by atoms with Gasteiger partial charge in [0.25, 0.3) is 0 Å². The van der Waals surface area contributed by atoms with Gasteiger partial charge in [-0.1, -0.05) is 6.42 Å². The molecule has 0 amide bonds. The lowest BCUT2D eigenvalue weighted by atomic mass is 9.98. The van der Waals surface area contributed by atoms with Gasteiger partial charge in [0.2, 0.25) is 0 Å². The smallest absolute Gasteiger partial charge is 0.0619 e. The summed E-state index contributed by atoms with van der Waals surface area (Å²) in [5, 5.41) is 7.32. The summed E-state index contributed by atoms with van der Waals surface area (Å²) in [6.45, 7) is 5.38. The molecule has 0 spiro atoms. The lowest BCUT2D eigenvalue weighted by molar-refractivity contribution is 0.0660. The molecule has 2 heterocycles. The zero-order valence-corrected chi connectivity index (χ0v) is 10.5. The minimum atomic E-state index is 0.590. The van der Waals surface area contributed by atoms with Gasteiger partial charge in [0.1, 0.15) is 0 Å². The normalized spacial score (nSPS) is 33.6. The van der Waals surface area contributed by atoms with Crippen LogP contribution in [0.5, 0.6) is 0 Å². The Balaban J connectivity index is 1.64. The van der Waals surface area contributed by atoms with Crippen molar-refractivity contribution >= 4 is 0 Å². The molecular weight excluding hydrogens is 200 g/mol. The van der Waals surface area contributed by atoms with E-state index in [0.717, 1.165) is 19.3 Å². The Morgan fingerprint density at radius 2 is 2.25 bits per heavy atom. The first-order chi connectivity index (χ1) is 7.84. The molecule has 3 nitrogen and oxygen atoms in total. The molecule has 3 heteroatoms. The van der Waals surface area contributed by atoms with Crippen LogP contribution >= 0.6 is 0 Å². The topological polar surface area (TPSA) is 33.3 Å². The summed E-state index contributed by atoms with van der Waals surface area (Å²) in [6.07, 6.45) is 7.86. The Hall–Kier alpha value is -0.120. The van der Waals surface area contributed by atoms with Gasteiger partial charge in [-0.2, -0.15) is 0 Å². The molecule has 0 radical (unpaired) electrons. The molecule has 2 aliphatic heterocycles. The number of hydrogen-bond donors (Lipinski definition) is 2. The highest BCUT2D eigenvalue weighted by Crippen LogP contribution is 2.13. The average Bonchev–Trinajstić information content (AvgIpc) is 2.31. The van der Waals surface area contributed by atoms with Crippen LogP contribution in [0.4, 0.5) is 0 Å². The molecule has 2 fully saturated rings. The maximum atomic E-state index is 5.49. The van der Waals surface area contributed by atoms with Crippen molar-refractivity contribution in [1.29, 1.82) is 0 Å². The number of rotatable bonds is 4. The first kappa shape index (κ1) is 12.3. The SMILES string of the molecule is CC(CC1CCCCN1)NC1CCCOC1. The molecule has 2 N–H and O–H groups in total. The van der Waals surface area contributed by atoms with Gasteiger partial charge in [-0.3, -0.25) is 0 Å². The third-order valence-corrected chi connectivity index (χ3v) is 3.73. The van der Waals surface area contributed by atoms with Crippen LogP contribution in [0.15, 0.2) is 0 Å². The quantitative estimate of drug-likeness (QED) is 0.765. The van der Waals surface area contributed by atoms with E-state index in [1.807, 2.05) is 0 Å². The van der Waals surface area contributed by atoms with Gasteiger partial charge in [-0.15, -0.1) is 0 Å². The van der Waals surface area contributed by atoms with Gasteiger partial charge in [0, 0.05) is 24.7 Å². The second kappa shape index (κ2) is 6.58. The second-order valence-electron chi connectivity index (χ2n) is 5.36. The summed E-state index contributed by atoms with van der Waals surface area (Å²) in [7, 11) is 0. The summed E-state index contributed by atoms with van der Waals surface area (Å²) in [5.41, 5.74) is 0. The standard InChI is InChI=1S/C13H26N2O/c1-11(9-12-5-2-3-7-14-12)15-13-6-4-8-16-10-13/h11-15H,2-10H2,1H3. The highest BCUT2D eigenvalue weighted by Gasteiger charge is 2.19. The Morgan fingerprint density at radius 1 is 1.31 bits per heavy atom. The monoisotopic (exact) mass is 226 g/mol. The number of piperidine rings is 1. The molecule has 0 bridgehead atoms.